The molecule has 0 radical (unpaired) electrons. The van der Waals surface area contributed by atoms with E-state index in [1.165, 1.54) is 44.6 Å². The first kappa shape index (κ1) is 16.3. The van der Waals surface area contributed by atoms with E-state index in [4.69, 9.17) is 0 Å². The van der Waals surface area contributed by atoms with Crippen LogP contribution in [0.4, 0.5) is 0 Å². The van der Waals surface area contributed by atoms with E-state index in [2.05, 4.69) is 62.5 Å². The lowest BCUT2D eigenvalue weighted by Crippen LogP contribution is -2.41. The van der Waals surface area contributed by atoms with Gasteiger partial charge >= 0.3 is 0 Å². The Hall–Kier alpha value is -1.08. The van der Waals surface area contributed by atoms with E-state index >= 15 is 0 Å². The molecule has 114 valence electrons. The number of benzene rings is 1. The molecule has 0 spiro atoms. The van der Waals surface area contributed by atoms with Gasteiger partial charge in [0.1, 0.15) is 0 Å². The molecular weight excluding hydrogens is 268 g/mol. The summed E-state index contributed by atoms with van der Waals surface area (Å²) in [5.74, 6) is 0. The van der Waals surface area contributed by atoms with Crippen LogP contribution in [0.5, 0.6) is 0 Å². The standard InChI is InChI=1S/C20H30Si/c1-4-5-12-19(18-13-8-6-9-14-18)17-21(2,3)20-15-10-7-11-16-20/h4-5,7,10-11,15-16H,6,8-9,12-14,17H2,1-3H3/b5-4+. The highest BCUT2D eigenvalue weighted by Gasteiger charge is 2.25. The Morgan fingerprint density at radius 2 is 1.71 bits per heavy atom. The highest BCUT2D eigenvalue weighted by Crippen LogP contribution is 2.31. The van der Waals surface area contributed by atoms with Crippen molar-refractivity contribution in [3.8, 4) is 0 Å². The van der Waals surface area contributed by atoms with Crippen LogP contribution in [0.3, 0.4) is 0 Å². The van der Waals surface area contributed by atoms with Crippen molar-refractivity contribution in [1.29, 1.82) is 0 Å². The normalized spacial score (nSPS) is 16.4. The van der Waals surface area contributed by atoms with Gasteiger partial charge in [0.25, 0.3) is 0 Å². The van der Waals surface area contributed by atoms with Gasteiger partial charge in [-0.3, -0.25) is 0 Å². The average molecular weight is 299 g/mol. The van der Waals surface area contributed by atoms with E-state index in [-0.39, 0.29) is 0 Å². The fourth-order valence-corrected chi connectivity index (χ4v) is 6.22. The van der Waals surface area contributed by atoms with Gasteiger partial charge < -0.3 is 0 Å². The predicted molar refractivity (Wildman–Crippen MR) is 97.9 cm³/mol. The minimum absolute atomic E-state index is 1.18. The van der Waals surface area contributed by atoms with Gasteiger partial charge in [-0.1, -0.05) is 78.3 Å². The fourth-order valence-electron chi connectivity index (χ4n) is 3.46. The lowest BCUT2D eigenvalue weighted by molar-refractivity contribution is 0.591. The largest absolute Gasteiger partial charge is 0.0913 e. The van der Waals surface area contributed by atoms with E-state index in [0.717, 1.165) is 0 Å². The minimum atomic E-state index is -1.37. The molecule has 0 nitrogen and oxygen atoms in total. The zero-order valence-corrected chi connectivity index (χ0v) is 15.0. The van der Waals surface area contributed by atoms with Gasteiger partial charge in [0, 0.05) is 0 Å². The molecule has 0 atom stereocenters. The summed E-state index contributed by atoms with van der Waals surface area (Å²) in [6.45, 7) is 7.20. The van der Waals surface area contributed by atoms with Crippen LogP contribution in [0.15, 0.2) is 53.6 Å². The van der Waals surface area contributed by atoms with Crippen molar-refractivity contribution in [3.05, 3.63) is 53.6 Å². The van der Waals surface area contributed by atoms with Crippen molar-refractivity contribution in [3.63, 3.8) is 0 Å². The number of allylic oxidation sites excluding steroid dienone is 4. The first-order chi connectivity index (χ1) is 10.1. The third kappa shape index (κ3) is 4.71. The Labute approximate surface area is 132 Å². The van der Waals surface area contributed by atoms with Crippen molar-refractivity contribution < 1.29 is 0 Å². The maximum absolute atomic E-state index is 2.53. The predicted octanol–water partition coefficient (Wildman–Crippen LogP) is 5.83. The topological polar surface area (TPSA) is 0 Å². The first-order valence-corrected chi connectivity index (χ1v) is 11.7. The number of hydrogen-bond donors (Lipinski definition) is 0. The summed E-state index contributed by atoms with van der Waals surface area (Å²) in [7, 11) is -1.37. The molecule has 1 aliphatic carbocycles. The highest BCUT2D eigenvalue weighted by atomic mass is 28.3. The average Bonchev–Trinajstić information content (AvgIpc) is 2.53. The van der Waals surface area contributed by atoms with Crippen LogP contribution in [-0.4, -0.2) is 8.07 Å². The zero-order valence-electron chi connectivity index (χ0n) is 14.0. The second-order valence-electron chi connectivity index (χ2n) is 6.97. The summed E-state index contributed by atoms with van der Waals surface area (Å²) in [5, 5.41) is 1.60. The quantitative estimate of drug-likeness (QED) is 0.474. The van der Waals surface area contributed by atoms with E-state index in [1.54, 1.807) is 16.3 Å². The van der Waals surface area contributed by atoms with E-state index < -0.39 is 8.07 Å². The number of rotatable bonds is 5. The summed E-state index contributed by atoms with van der Waals surface area (Å²) in [4.78, 5) is 0. The summed E-state index contributed by atoms with van der Waals surface area (Å²) in [5.41, 5.74) is 3.55. The Morgan fingerprint density at radius 3 is 2.33 bits per heavy atom. The third-order valence-corrected chi connectivity index (χ3v) is 7.97. The molecule has 1 saturated carbocycles. The molecule has 2 rings (SSSR count). The van der Waals surface area contributed by atoms with Crippen molar-refractivity contribution in [2.75, 3.05) is 0 Å². The molecule has 0 unspecified atom stereocenters. The van der Waals surface area contributed by atoms with Gasteiger partial charge in [0.15, 0.2) is 0 Å². The third-order valence-electron chi connectivity index (χ3n) is 4.77. The van der Waals surface area contributed by atoms with Crippen LogP contribution >= 0.6 is 0 Å². The van der Waals surface area contributed by atoms with Crippen molar-refractivity contribution >= 4 is 13.3 Å². The van der Waals surface area contributed by atoms with E-state index in [9.17, 15) is 0 Å². The van der Waals surface area contributed by atoms with Gasteiger partial charge in [-0.15, -0.1) is 0 Å². The zero-order chi connectivity index (χ0) is 15.1. The molecule has 21 heavy (non-hydrogen) atoms. The maximum Gasteiger partial charge on any atom is 0.0846 e. The fraction of sp³-hybridized carbons (Fsp3) is 0.500. The summed E-state index contributed by atoms with van der Waals surface area (Å²) < 4.78 is 0. The van der Waals surface area contributed by atoms with Crippen molar-refractivity contribution in [2.24, 2.45) is 0 Å². The van der Waals surface area contributed by atoms with Crippen LogP contribution in [0.2, 0.25) is 19.1 Å². The lowest BCUT2D eigenvalue weighted by Gasteiger charge is -2.27. The Morgan fingerprint density at radius 1 is 1.05 bits per heavy atom. The smallest absolute Gasteiger partial charge is 0.0846 e. The maximum atomic E-state index is 2.53. The van der Waals surface area contributed by atoms with E-state index in [1.807, 2.05) is 0 Å². The molecule has 1 fully saturated rings. The van der Waals surface area contributed by atoms with Crippen LogP contribution in [-0.2, 0) is 0 Å². The SMILES string of the molecule is C/C=C/CC(C[Si](C)(C)c1ccccc1)=C1CCCCC1. The first-order valence-electron chi connectivity index (χ1n) is 8.50. The van der Waals surface area contributed by atoms with E-state index in [0.29, 0.717) is 0 Å². The monoisotopic (exact) mass is 298 g/mol. The van der Waals surface area contributed by atoms with Crippen molar-refractivity contribution in [2.45, 2.75) is 64.6 Å². The number of hydrogen-bond acceptors (Lipinski definition) is 0. The second kappa shape index (κ2) is 7.79. The van der Waals surface area contributed by atoms with Gasteiger partial charge in [-0.25, -0.2) is 0 Å². The lowest BCUT2D eigenvalue weighted by atomic mass is 9.90. The van der Waals surface area contributed by atoms with Crippen LogP contribution in [0.25, 0.3) is 0 Å². The van der Waals surface area contributed by atoms with Gasteiger partial charge in [0.2, 0.25) is 0 Å². The molecule has 1 aliphatic rings. The molecule has 0 aliphatic heterocycles. The molecule has 1 heteroatoms. The molecule has 0 bridgehead atoms. The molecule has 0 N–H and O–H groups in total. The molecule has 0 amide bonds. The molecule has 0 heterocycles. The second-order valence-corrected chi connectivity index (χ2v) is 11.7. The van der Waals surface area contributed by atoms with Crippen molar-refractivity contribution in [1.82, 2.24) is 0 Å². The molecule has 0 saturated heterocycles. The van der Waals surface area contributed by atoms with Gasteiger partial charge in [-0.05, 0) is 45.1 Å². The Balaban J connectivity index is 2.21. The molecule has 1 aromatic rings. The van der Waals surface area contributed by atoms with Gasteiger partial charge in [0.05, 0.1) is 8.07 Å². The minimum Gasteiger partial charge on any atom is -0.0913 e. The molecule has 0 aromatic heterocycles. The summed E-state index contributed by atoms with van der Waals surface area (Å²) in [6, 6.07) is 12.5. The van der Waals surface area contributed by atoms with Crippen LogP contribution < -0.4 is 5.19 Å². The van der Waals surface area contributed by atoms with Crippen LogP contribution in [0, 0.1) is 0 Å². The Bertz CT molecular complexity index is 486. The van der Waals surface area contributed by atoms with Gasteiger partial charge in [-0.2, -0.15) is 0 Å². The molecule has 1 aromatic carbocycles. The molecular formula is C20H30Si. The summed E-state index contributed by atoms with van der Waals surface area (Å²) >= 11 is 0. The summed E-state index contributed by atoms with van der Waals surface area (Å²) in [6.07, 6.45) is 12.7. The van der Waals surface area contributed by atoms with Crippen LogP contribution in [0.1, 0.15) is 45.4 Å². The Kier molecular flexibility index (Phi) is 6.04. The highest BCUT2D eigenvalue weighted by molar-refractivity contribution is 6.90.